The molecule has 2 heteroatoms. The summed E-state index contributed by atoms with van der Waals surface area (Å²) >= 11 is 0. The average molecular weight is 411 g/mol. The van der Waals surface area contributed by atoms with E-state index in [-0.39, 0.29) is 5.97 Å². The molecule has 0 aliphatic heterocycles. The lowest BCUT2D eigenvalue weighted by Gasteiger charge is -2.10. The van der Waals surface area contributed by atoms with Crippen molar-refractivity contribution >= 4 is 5.97 Å². The van der Waals surface area contributed by atoms with Gasteiger partial charge in [0.2, 0.25) is 0 Å². The minimum atomic E-state index is -0.0648. The molecule has 0 spiro atoms. The molecular formula is C27H54O2. The molecular weight excluding hydrogens is 356 g/mol. The summed E-state index contributed by atoms with van der Waals surface area (Å²) < 4.78 is 4.71. The van der Waals surface area contributed by atoms with Crippen LogP contribution in [0.15, 0.2) is 0 Å². The summed E-state index contributed by atoms with van der Waals surface area (Å²) in [5, 5.41) is 0. The summed E-state index contributed by atoms with van der Waals surface area (Å²) in [6.45, 7) is 4.55. The van der Waals surface area contributed by atoms with Gasteiger partial charge in [0.1, 0.15) is 0 Å². The van der Waals surface area contributed by atoms with Gasteiger partial charge >= 0.3 is 5.97 Å². The zero-order valence-corrected chi connectivity index (χ0v) is 20.5. The van der Waals surface area contributed by atoms with Crippen LogP contribution in [0, 0.1) is 5.92 Å². The molecule has 0 aliphatic carbocycles. The molecule has 0 fully saturated rings. The maximum absolute atomic E-state index is 11.1. The standard InChI is InChI=1S/C27H54O2/c1-4-5-6-7-8-9-10-11-12-13-14-15-16-17-18-19-20-21-22-23-26(2)24-25-27(28)29-3/h26H,4-25H2,1-3H3. The SMILES string of the molecule is CCCCCCCCCCCCCCCCCCCCCC(C)CCC(=O)OC. The van der Waals surface area contributed by atoms with Crippen LogP contribution in [0.4, 0.5) is 0 Å². The summed E-state index contributed by atoms with van der Waals surface area (Å²) in [7, 11) is 1.48. The molecule has 174 valence electrons. The Kier molecular flexibility index (Phi) is 23.3. The van der Waals surface area contributed by atoms with Crippen molar-refractivity contribution in [2.75, 3.05) is 7.11 Å². The zero-order valence-electron chi connectivity index (χ0n) is 20.5. The molecule has 1 unspecified atom stereocenters. The van der Waals surface area contributed by atoms with Crippen molar-refractivity contribution < 1.29 is 9.53 Å². The second-order valence-corrected chi connectivity index (χ2v) is 9.37. The van der Waals surface area contributed by atoms with Gasteiger partial charge in [-0.25, -0.2) is 0 Å². The Labute approximate surface area is 184 Å². The molecule has 0 aromatic heterocycles. The monoisotopic (exact) mass is 410 g/mol. The molecule has 2 nitrogen and oxygen atoms in total. The van der Waals surface area contributed by atoms with Crippen LogP contribution >= 0.6 is 0 Å². The first-order valence-corrected chi connectivity index (χ1v) is 13.3. The lowest BCUT2D eigenvalue weighted by Crippen LogP contribution is -2.04. The van der Waals surface area contributed by atoms with Crippen molar-refractivity contribution in [3.63, 3.8) is 0 Å². The van der Waals surface area contributed by atoms with Gasteiger partial charge in [-0.1, -0.05) is 142 Å². The zero-order chi connectivity index (χ0) is 21.4. The van der Waals surface area contributed by atoms with Crippen molar-refractivity contribution in [3.8, 4) is 0 Å². The van der Waals surface area contributed by atoms with Crippen LogP contribution < -0.4 is 0 Å². The van der Waals surface area contributed by atoms with Gasteiger partial charge in [0.05, 0.1) is 7.11 Å². The summed E-state index contributed by atoms with van der Waals surface area (Å²) in [5.74, 6) is 0.588. The Balaban J connectivity index is 3.11. The van der Waals surface area contributed by atoms with Gasteiger partial charge < -0.3 is 4.74 Å². The van der Waals surface area contributed by atoms with Crippen molar-refractivity contribution in [1.29, 1.82) is 0 Å². The number of unbranched alkanes of at least 4 members (excludes halogenated alkanes) is 18. The number of hydrogen-bond acceptors (Lipinski definition) is 2. The quantitative estimate of drug-likeness (QED) is 0.124. The minimum Gasteiger partial charge on any atom is -0.469 e. The van der Waals surface area contributed by atoms with Gasteiger partial charge in [-0.2, -0.15) is 0 Å². The van der Waals surface area contributed by atoms with E-state index in [1.807, 2.05) is 0 Å². The average Bonchev–Trinajstić information content (AvgIpc) is 2.73. The Bertz CT molecular complexity index is 326. The topological polar surface area (TPSA) is 26.3 Å². The van der Waals surface area contributed by atoms with Crippen LogP contribution in [0.25, 0.3) is 0 Å². The summed E-state index contributed by atoms with van der Waals surface area (Å²) in [5.41, 5.74) is 0. The molecule has 0 rings (SSSR count). The summed E-state index contributed by atoms with van der Waals surface area (Å²) in [6.07, 6.45) is 30.0. The smallest absolute Gasteiger partial charge is 0.305 e. The molecule has 0 N–H and O–H groups in total. The second-order valence-electron chi connectivity index (χ2n) is 9.37. The highest BCUT2D eigenvalue weighted by Gasteiger charge is 2.06. The molecule has 0 radical (unpaired) electrons. The van der Waals surface area contributed by atoms with Crippen molar-refractivity contribution in [2.45, 2.75) is 155 Å². The van der Waals surface area contributed by atoms with E-state index in [1.165, 1.54) is 136 Å². The number of esters is 1. The first-order valence-electron chi connectivity index (χ1n) is 13.3. The van der Waals surface area contributed by atoms with E-state index in [2.05, 4.69) is 13.8 Å². The Hall–Kier alpha value is -0.530. The van der Waals surface area contributed by atoms with Crippen molar-refractivity contribution in [2.24, 2.45) is 5.92 Å². The lowest BCUT2D eigenvalue weighted by atomic mass is 9.97. The molecule has 0 amide bonds. The van der Waals surface area contributed by atoms with E-state index in [4.69, 9.17) is 4.74 Å². The number of hydrogen-bond donors (Lipinski definition) is 0. The third kappa shape index (κ3) is 23.6. The number of methoxy groups -OCH3 is 1. The molecule has 0 aromatic carbocycles. The Morgan fingerprint density at radius 3 is 1.28 bits per heavy atom. The van der Waals surface area contributed by atoms with E-state index in [0.29, 0.717) is 12.3 Å². The molecule has 1 atom stereocenters. The molecule has 29 heavy (non-hydrogen) atoms. The lowest BCUT2D eigenvalue weighted by molar-refractivity contribution is -0.140. The first-order chi connectivity index (χ1) is 14.2. The Morgan fingerprint density at radius 2 is 0.931 bits per heavy atom. The second kappa shape index (κ2) is 23.7. The van der Waals surface area contributed by atoms with Gasteiger partial charge in [0.25, 0.3) is 0 Å². The van der Waals surface area contributed by atoms with Crippen LogP contribution in [0.1, 0.15) is 155 Å². The summed E-state index contributed by atoms with van der Waals surface area (Å²) in [6, 6.07) is 0. The molecule has 0 aromatic rings. The number of ether oxygens (including phenoxy) is 1. The maximum Gasteiger partial charge on any atom is 0.305 e. The molecule has 0 saturated carbocycles. The Morgan fingerprint density at radius 1 is 0.586 bits per heavy atom. The minimum absolute atomic E-state index is 0.0648. The van der Waals surface area contributed by atoms with Crippen LogP contribution in [0.3, 0.4) is 0 Å². The molecule has 0 saturated heterocycles. The van der Waals surface area contributed by atoms with E-state index in [9.17, 15) is 4.79 Å². The highest BCUT2D eigenvalue weighted by atomic mass is 16.5. The van der Waals surface area contributed by atoms with Gasteiger partial charge in [-0.05, 0) is 12.3 Å². The highest BCUT2D eigenvalue weighted by molar-refractivity contribution is 5.69. The third-order valence-electron chi connectivity index (χ3n) is 6.37. The van der Waals surface area contributed by atoms with E-state index >= 15 is 0 Å². The fourth-order valence-corrected chi connectivity index (χ4v) is 4.18. The van der Waals surface area contributed by atoms with Crippen molar-refractivity contribution in [3.05, 3.63) is 0 Å². The van der Waals surface area contributed by atoms with Gasteiger partial charge in [-0.3, -0.25) is 4.79 Å². The number of rotatable bonds is 23. The fraction of sp³-hybridized carbons (Fsp3) is 0.963. The number of carbonyl (C=O) groups is 1. The molecule has 0 heterocycles. The molecule has 0 bridgehead atoms. The fourth-order valence-electron chi connectivity index (χ4n) is 4.18. The van der Waals surface area contributed by atoms with Crippen LogP contribution in [-0.2, 0) is 9.53 Å². The van der Waals surface area contributed by atoms with Crippen molar-refractivity contribution in [1.82, 2.24) is 0 Å². The summed E-state index contributed by atoms with van der Waals surface area (Å²) in [4.78, 5) is 11.1. The maximum atomic E-state index is 11.1. The number of carbonyl (C=O) groups excluding carboxylic acids is 1. The van der Waals surface area contributed by atoms with E-state index < -0.39 is 0 Å². The first kappa shape index (κ1) is 28.5. The normalized spacial score (nSPS) is 12.2. The third-order valence-corrected chi connectivity index (χ3v) is 6.37. The van der Waals surface area contributed by atoms with Gasteiger partial charge in [0.15, 0.2) is 0 Å². The van der Waals surface area contributed by atoms with E-state index in [0.717, 1.165) is 6.42 Å². The van der Waals surface area contributed by atoms with Gasteiger partial charge in [-0.15, -0.1) is 0 Å². The predicted octanol–water partition coefficient (Wildman–Crippen LogP) is 9.40. The van der Waals surface area contributed by atoms with Crippen LogP contribution in [0.5, 0.6) is 0 Å². The van der Waals surface area contributed by atoms with Crippen LogP contribution in [-0.4, -0.2) is 13.1 Å². The van der Waals surface area contributed by atoms with Crippen LogP contribution in [0.2, 0.25) is 0 Å². The predicted molar refractivity (Wildman–Crippen MR) is 128 cm³/mol. The van der Waals surface area contributed by atoms with E-state index in [1.54, 1.807) is 0 Å². The van der Waals surface area contributed by atoms with Gasteiger partial charge in [0, 0.05) is 6.42 Å². The largest absolute Gasteiger partial charge is 0.469 e. The molecule has 0 aliphatic rings. The highest BCUT2D eigenvalue weighted by Crippen LogP contribution is 2.17.